The molecule has 2 rings (SSSR count). The number of hydrogen-bond donors (Lipinski definition) is 2. The summed E-state index contributed by atoms with van der Waals surface area (Å²) in [4.78, 5) is 10.9. The number of anilines is 1. The van der Waals surface area contributed by atoms with Crippen molar-refractivity contribution in [2.75, 3.05) is 11.9 Å². The van der Waals surface area contributed by atoms with Crippen molar-refractivity contribution in [2.45, 2.75) is 19.8 Å². The van der Waals surface area contributed by atoms with Crippen LogP contribution in [0.2, 0.25) is 0 Å². The van der Waals surface area contributed by atoms with Gasteiger partial charge in [-0.3, -0.25) is 0 Å². The minimum absolute atomic E-state index is 0.401. The van der Waals surface area contributed by atoms with Crippen molar-refractivity contribution in [3.63, 3.8) is 0 Å². The van der Waals surface area contributed by atoms with Crippen LogP contribution in [0.25, 0.3) is 0 Å². The predicted molar refractivity (Wildman–Crippen MR) is 54.9 cm³/mol. The highest BCUT2D eigenvalue weighted by atomic mass is 16.4. The van der Waals surface area contributed by atoms with Gasteiger partial charge in [-0.15, -0.1) is 0 Å². The standard InChI is InChI=1S/C11H13NO2/c1-7-5-8-3-2-4-12-10(8)6-9(7)11(13)14/h5-6,12H,2-4H2,1H3,(H,13,14). The normalized spacial score (nSPS) is 14.4. The van der Waals surface area contributed by atoms with Crippen molar-refractivity contribution in [1.82, 2.24) is 0 Å². The average Bonchev–Trinajstić information content (AvgIpc) is 2.16. The van der Waals surface area contributed by atoms with E-state index in [4.69, 9.17) is 5.11 Å². The van der Waals surface area contributed by atoms with Gasteiger partial charge in [0.05, 0.1) is 5.56 Å². The average molecular weight is 191 g/mol. The first-order valence-electron chi connectivity index (χ1n) is 4.79. The van der Waals surface area contributed by atoms with Crippen LogP contribution in [0, 0.1) is 6.92 Å². The second-order valence-electron chi connectivity index (χ2n) is 3.66. The van der Waals surface area contributed by atoms with Crippen LogP contribution in [0.1, 0.15) is 27.9 Å². The van der Waals surface area contributed by atoms with Crippen LogP contribution in [0.5, 0.6) is 0 Å². The van der Waals surface area contributed by atoms with Crippen LogP contribution in [0.3, 0.4) is 0 Å². The highest BCUT2D eigenvalue weighted by molar-refractivity contribution is 5.91. The molecule has 1 aromatic rings. The third-order valence-corrected chi connectivity index (χ3v) is 2.62. The van der Waals surface area contributed by atoms with Gasteiger partial charge in [-0.1, -0.05) is 6.07 Å². The summed E-state index contributed by atoms with van der Waals surface area (Å²) in [5.74, 6) is -0.849. The molecule has 0 atom stereocenters. The Bertz CT molecular complexity index is 385. The summed E-state index contributed by atoms with van der Waals surface area (Å²) in [6.07, 6.45) is 2.17. The van der Waals surface area contributed by atoms with E-state index in [-0.39, 0.29) is 0 Å². The van der Waals surface area contributed by atoms with E-state index in [1.165, 1.54) is 5.56 Å². The van der Waals surface area contributed by atoms with Gasteiger partial charge in [-0.2, -0.15) is 0 Å². The Labute approximate surface area is 82.8 Å². The summed E-state index contributed by atoms with van der Waals surface area (Å²) >= 11 is 0. The van der Waals surface area contributed by atoms with E-state index in [9.17, 15) is 4.79 Å². The SMILES string of the molecule is Cc1cc2c(cc1C(=O)O)NCCC2. The van der Waals surface area contributed by atoms with Gasteiger partial charge in [0, 0.05) is 12.2 Å². The molecule has 0 amide bonds. The number of carboxylic acid groups (broad SMARTS) is 1. The first-order valence-corrected chi connectivity index (χ1v) is 4.79. The fraction of sp³-hybridized carbons (Fsp3) is 0.364. The molecule has 0 saturated heterocycles. The Morgan fingerprint density at radius 1 is 1.50 bits per heavy atom. The topological polar surface area (TPSA) is 49.3 Å². The zero-order valence-corrected chi connectivity index (χ0v) is 8.13. The summed E-state index contributed by atoms with van der Waals surface area (Å²) in [5.41, 5.74) is 3.47. The fourth-order valence-corrected chi connectivity index (χ4v) is 1.87. The second-order valence-corrected chi connectivity index (χ2v) is 3.66. The molecule has 3 heteroatoms. The van der Waals surface area contributed by atoms with Crippen LogP contribution < -0.4 is 5.32 Å². The number of aromatic carboxylic acids is 1. The molecule has 0 bridgehead atoms. The van der Waals surface area contributed by atoms with Gasteiger partial charge in [-0.05, 0) is 37.0 Å². The van der Waals surface area contributed by atoms with E-state index < -0.39 is 5.97 Å². The highest BCUT2D eigenvalue weighted by Gasteiger charge is 2.14. The van der Waals surface area contributed by atoms with E-state index in [0.717, 1.165) is 30.6 Å². The van der Waals surface area contributed by atoms with Crippen molar-refractivity contribution >= 4 is 11.7 Å². The Balaban J connectivity index is 2.50. The Morgan fingerprint density at radius 2 is 2.29 bits per heavy atom. The largest absolute Gasteiger partial charge is 0.478 e. The number of carbonyl (C=O) groups is 1. The molecule has 0 radical (unpaired) electrons. The quantitative estimate of drug-likeness (QED) is 0.714. The molecule has 1 aliphatic heterocycles. The van der Waals surface area contributed by atoms with Gasteiger partial charge in [0.2, 0.25) is 0 Å². The molecular formula is C11H13NO2. The number of rotatable bonds is 1. The third kappa shape index (κ3) is 1.45. The van der Waals surface area contributed by atoms with Gasteiger partial charge < -0.3 is 10.4 Å². The summed E-state index contributed by atoms with van der Waals surface area (Å²) < 4.78 is 0. The lowest BCUT2D eigenvalue weighted by atomic mass is 9.97. The van der Waals surface area contributed by atoms with Crippen LogP contribution in [0.15, 0.2) is 12.1 Å². The number of carboxylic acids is 1. The maximum Gasteiger partial charge on any atom is 0.336 e. The van der Waals surface area contributed by atoms with Crippen molar-refractivity contribution in [3.05, 3.63) is 28.8 Å². The molecule has 2 N–H and O–H groups in total. The maximum absolute atomic E-state index is 10.9. The summed E-state index contributed by atoms with van der Waals surface area (Å²) in [6.45, 7) is 2.79. The molecule has 1 heterocycles. The smallest absolute Gasteiger partial charge is 0.336 e. The lowest BCUT2D eigenvalue weighted by molar-refractivity contribution is 0.0696. The van der Waals surface area contributed by atoms with Crippen LogP contribution in [0.4, 0.5) is 5.69 Å². The van der Waals surface area contributed by atoms with Gasteiger partial charge >= 0.3 is 5.97 Å². The summed E-state index contributed by atoms with van der Waals surface area (Å²) in [7, 11) is 0. The summed E-state index contributed by atoms with van der Waals surface area (Å²) in [6, 6.07) is 3.72. The summed E-state index contributed by atoms with van der Waals surface area (Å²) in [5, 5.41) is 12.2. The molecule has 14 heavy (non-hydrogen) atoms. The van der Waals surface area contributed by atoms with E-state index in [1.807, 2.05) is 13.0 Å². The van der Waals surface area contributed by atoms with Crippen molar-refractivity contribution in [2.24, 2.45) is 0 Å². The fourth-order valence-electron chi connectivity index (χ4n) is 1.87. The van der Waals surface area contributed by atoms with E-state index in [2.05, 4.69) is 5.32 Å². The van der Waals surface area contributed by atoms with Crippen molar-refractivity contribution in [1.29, 1.82) is 0 Å². The number of nitrogens with one attached hydrogen (secondary N) is 1. The third-order valence-electron chi connectivity index (χ3n) is 2.62. The van der Waals surface area contributed by atoms with Crippen LogP contribution in [-0.4, -0.2) is 17.6 Å². The number of benzene rings is 1. The van der Waals surface area contributed by atoms with Gasteiger partial charge in [0.1, 0.15) is 0 Å². The molecule has 1 aromatic carbocycles. The maximum atomic E-state index is 10.9. The number of aryl methyl sites for hydroxylation is 2. The van der Waals surface area contributed by atoms with Crippen molar-refractivity contribution in [3.8, 4) is 0 Å². The molecule has 74 valence electrons. The Morgan fingerprint density at radius 3 is 3.00 bits per heavy atom. The Kier molecular flexibility index (Phi) is 2.15. The molecule has 0 saturated carbocycles. The zero-order chi connectivity index (χ0) is 10.1. The van der Waals surface area contributed by atoms with Crippen molar-refractivity contribution < 1.29 is 9.90 Å². The monoisotopic (exact) mass is 191 g/mol. The second kappa shape index (κ2) is 3.33. The van der Waals surface area contributed by atoms with Crippen LogP contribution in [-0.2, 0) is 6.42 Å². The zero-order valence-electron chi connectivity index (χ0n) is 8.13. The lowest BCUT2D eigenvalue weighted by Gasteiger charge is -2.19. The molecule has 3 nitrogen and oxygen atoms in total. The first-order chi connectivity index (χ1) is 6.68. The molecular weight excluding hydrogens is 178 g/mol. The molecule has 0 aliphatic carbocycles. The predicted octanol–water partition coefficient (Wildman–Crippen LogP) is 2.05. The molecule has 1 aliphatic rings. The molecule has 0 spiro atoms. The minimum atomic E-state index is -0.849. The Hall–Kier alpha value is -1.51. The minimum Gasteiger partial charge on any atom is -0.478 e. The molecule has 0 aromatic heterocycles. The van der Waals surface area contributed by atoms with E-state index in [1.54, 1.807) is 6.07 Å². The first kappa shape index (κ1) is 9.06. The van der Waals surface area contributed by atoms with Gasteiger partial charge in [0.15, 0.2) is 0 Å². The number of fused-ring (bicyclic) bond motifs is 1. The van der Waals surface area contributed by atoms with Gasteiger partial charge in [-0.25, -0.2) is 4.79 Å². The van der Waals surface area contributed by atoms with Crippen LogP contribution >= 0.6 is 0 Å². The highest BCUT2D eigenvalue weighted by Crippen LogP contribution is 2.25. The molecule has 0 fully saturated rings. The van der Waals surface area contributed by atoms with E-state index >= 15 is 0 Å². The van der Waals surface area contributed by atoms with Gasteiger partial charge in [0.25, 0.3) is 0 Å². The molecule has 0 unspecified atom stereocenters. The van der Waals surface area contributed by atoms with E-state index in [0.29, 0.717) is 5.56 Å². The number of hydrogen-bond acceptors (Lipinski definition) is 2. The lowest BCUT2D eigenvalue weighted by Crippen LogP contribution is -2.13.